The number of β-amino-alcohol motifs (C(OH)–C–C–N with tert-alkyl or cyclic N) is 1. The highest BCUT2D eigenvalue weighted by Crippen LogP contribution is 2.23. The molecule has 1 aliphatic heterocycles. The molecular formula is C12H15ClN2O3. The summed E-state index contributed by atoms with van der Waals surface area (Å²) >= 11 is 5.78. The maximum absolute atomic E-state index is 12.1. The van der Waals surface area contributed by atoms with Gasteiger partial charge in [0.25, 0.3) is 5.91 Å². The average Bonchev–Trinajstić information content (AvgIpc) is 2.32. The van der Waals surface area contributed by atoms with E-state index in [2.05, 4.69) is 4.98 Å². The van der Waals surface area contributed by atoms with E-state index in [0.29, 0.717) is 23.6 Å². The van der Waals surface area contributed by atoms with Gasteiger partial charge in [0.1, 0.15) is 0 Å². The van der Waals surface area contributed by atoms with E-state index in [-0.39, 0.29) is 12.5 Å². The summed E-state index contributed by atoms with van der Waals surface area (Å²) in [6.07, 6.45) is 2.29. The number of aliphatic hydroxyl groups is 2. The van der Waals surface area contributed by atoms with Crippen molar-refractivity contribution in [1.29, 1.82) is 0 Å². The molecule has 2 atom stereocenters. The van der Waals surface area contributed by atoms with Gasteiger partial charge < -0.3 is 15.1 Å². The van der Waals surface area contributed by atoms with Crippen molar-refractivity contribution < 1.29 is 15.0 Å². The average molecular weight is 271 g/mol. The highest BCUT2D eigenvalue weighted by atomic mass is 35.5. The maximum Gasteiger partial charge on any atom is 0.255 e. The highest BCUT2D eigenvalue weighted by Gasteiger charge is 2.38. The maximum atomic E-state index is 12.1. The van der Waals surface area contributed by atoms with Gasteiger partial charge in [0, 0.05) is 25.5 Å². The minimum atomic E-state index is -1.14. The fraction of sp³-hybridized carbons (Fsp3) is 0.500. The fourth-order valence-electron chi connectivity index (χ4n) is 1.92. The first-order valence-electron chi connectivity index (χ1n) is 5.70. The molecule has 0 radical (unpaired) electrons. The molecule has 5 nitrogen and oxygen atoms in total. The number of nitrogens with zero attached hydrogens (tertiary/aromatic N) is 2. The van der Waals surface area contributed by atoms with Gasteiger partial charge in [-0.1, -0.05) is 11.6 Å². The lowest BCUT2D eigenvalue weighted by molar-refractivity contribution is -0.0999. The smallest absolute Gasteiger partial charge is 0.255 e. The minimum absolute atomic E-state index is 0.109. The van der Waals surface area contributed by atoms with Crippen LogP contribution >= 0.6 is 11.6 Å². The summed E-state index contributed by atoms with van der Waals surface area (Å²) in [7, 11) is 0. The summed E-state index contributed by atoms with van der Waals surface area (Å²) in [5, 5.41) is 20.0. The van der Waals surface area contributed by atoms with Crippen molar-refractivity contribution in [1.82, 2.24) is 9.88 Å². The van der Waals surface area contributed by atoms with E-state index in [1.165, 1.54) is 23.4 Å². The Labute approximate surface area is 110 Å². The molecule has 1 fully saturated rings. The van der Waals surface area contributed by atoms with Crippen LogP contribution in [0.15, 0.2) is 18.5 Å². The van der Waals surface area contributed by atoms with Gasteiger partial charge in [-0.15, -0.1) is 0 Å². The Balaban J connectivity index is 2.12. The third-order valence-electron chi connectivity index (χ3n) is 3.24. The molecule has 6 heteroatoms. The first kappa shape index (κ1) is 13.3. The molecule has 0 unspecified atom stereocenters. The second kappa shape index (κ2) is 4.84. The first-order chi connectivity index (χ1) is 8.40. The van der Waals surface area contributed by atoms with E-state index < -0.39 is 11.7 Å². The topological polar surface area (TPSA) is 73.7 Å². The number of aliphatic hydroxyl groups excluding tert-OH is 1. The zero-order valence-corrected chi connectivity index (χ0v) is 10.8. The van der Waals surface area contributed by atoms with Crippen LogP contribution in [0.2, 0.25) is 5.02 Å². The quantitative estimate of drug-likeness (QED) is 0.788. The van der Waals surface area contributed by atoms with Gasteiger partial charge in [-0.05, 0) is 19.4 Å². The Morgan fingerprint density at radius 2 is 2.33 bits per heavy atom. The van der Waals surface area contributed by atoms with Crippen molar-refractivity contribution in [2.75, 3.05) is 13.1 Å². The molecule has 1 aromatic heterocycles. The van der Waals surface area contributed by atoms with Crippen LogP contribution < -0.4 is 0 Å². The van der Waals surface area contributed by atoms with Crippen LogP contribution in [-0.2, 0) is 0 Å². The first-order valence-corrected chi connectivity index (χ1v) is 6.08. The number of carbonyl (C=O) groups is 1. The van der Waals surface area contributed by atoms with E-state index >= 15 is 0 Å². The van der Waals surface area contributed by atoms with Crippen LogP contribution in [0.25, 0.3) is 0 Å². The summed E-state index contributed by atoms with van der Waals surface area (Å²) in [6.45, 7) is 2.08. The van der Waals surface area contributed by atoms with Crippen LogP contribution in [0.5, 0.6) is 0 Å². The molecule has 1 amide bonds. The van der Waals surface area contributed by atoms with Crippen LogP contribution in [0.4, 0.5) is 0 Å². The second-order valence-electron chi connectivity index (χ2n) is 4.77. The van der Waals surface area contributed by atoms with Crippen molar-refractivity contribution in [2.24, 2.45) is 0 Å². The van der Waals surface area contributed by atoms with Crippen LogP contribution in [-0.4, -0.2) is 50.8 Å². The lowest BCUT2D eigenvalue weighted by Crippen LogP contribution is -2.55. The number of piperidine rings is 1. The molecule has 98 valence electrons. The van der Waals surface area contributed by atoms with E-state index in [0.717, 1.165) is 0 Å². The molecule has 1 aliphatic rings. The summed E-state index contributed by atoms with van der Waals surface area (Å²) in [5.74, 6) is -0.237. The second-order valence-corrected chi connectivity index (χ2v) is 5.20. The van der Waals surface area contributed by atoms with Gasteiger partial charge in [0.15, 0.2) is 0 Å². The van der Waals surface area contributed by atoms with E-state index in [1.807, 2.05) is 0 Å². The molecule has 0 aromatic carbocycles. The molecule has 0 bridgehead atoms. The largest absolute Gasteiger partial charge is 0.388 e. The Bertz CT molecular complexity index is 464. The minimum Gasteiger partial charge on any atom is -0.388 e. The van der Waals surface area contributed by atoms with Crippen LogP contribution in [0, 0.1) is 0 Å². The zero-order valence-electron chi connectivity index (χ0n) is 10.0. The predicted molar refractivity (Wildman–Crippen MR) is 66.4 cm³/mol. The zero-order chi connectivity index (χ0) is 13.3. The number of halogens is 1. The molecule has 0 spiro atoms. The van der Waals surface area contributed by atoms with Crippen molar-refractivity contribution in [3.05, 3.63) is 29.0 Å². The van der Waals surface area contributed by atoms with Gasteiger partial charge in [-0.3, -0.25) is 9.78 Å². The van der Waals surface area contributed by atoms with Gasteiger partial charge in [-0.2, -0.15) is 0 Å². The standard InChI is InChI=1S/C12H15ClN2O3/c1-12(18)2-3-15(7-10(12)16)11(17)8-4-9(13)6-14-5-8/h4-6,10,16,18H,2-3,7H2,1H3/t10-,12+/m0/s1. The van der Waals surface area contributed by atoms with E-state index in [4.69, 9.17) is 11.6 Å². The molecular weight excluding hydrogens is 256 g/mol. The predicted octanol–water partition coefficient (Wildman–Crippen LogP) is 0.693. The molecule has 0 saturated carbocycles. The molecule has 1 saturated heterocycles. The Morgan fingerprint density at radius 1 is 1.61 bits per heavy atom. The molecule has 1 aromatic rings. The van der Waals surface area contributed by atoms with Crippen molar-refractivity contribution in [3.63, 3.8) is 0 Å². The highest BCUT2D eigenvalue weighted by molar-refractivity contribution is 6.30. The SMILES string of the molecule is C[C@@]1(O)CCN(C(=O)c2cncc(Cl)c2)C[C@@H]1O. The number of aromatic nitrogens is 1. The van der Waals surface area contributed by atoms with Gasteiger partial charge in [-0.25, -0.2) is 0 Å². The normalized spacial score (nSPS) is 28.2. The Hall–Kier alpha value is -1.17. The molecule has 2 rings (SSSR count). The Kier molecular flexibility index (Phi) is 3.56. The van der Waals surface area contributed by atoms with Crippen molar-refractivity contribution in [3.8, 4) is 0 Å². The van der Waals surface area contributed by atoms with Gasteiger partial charge >= 0.3 is 0 Å². The summed E-state index contributed by atoms with van der Waals surface area (Å²) in [6, 6.07) is 1.54. The van der Waals surface area contributed by atoms with Crippen molar-refractivity contribution in [2.45, 2.75) is 25.0 Å². The number of amides is 1. The third kappa shape index (κ3) is 2.63. The fourth-order valence-corrected chi connectivity index (χ4v) is 2.09. The van der Waals surface area contributed by atoms with Gasteiger partial charge in [0.05, 0.1) is 22.3 Å². The van der Waals surface area contributed by atoms with E-state index in [1.54, 1.807) is 6.92 Å². The lowest BCUT2D eigenvalue weighted by Gasteiger charge is -2.39. The summed E-state index contributed by atoms with van der Waals surface area (Å²) in [5.41, 5.74) is -0.750. The van der Waals surface area contributed by atoms with Gasteiger partial charge in [0.2, 0.25) is 0 Å². The Morgan fingerprint density at radius 3 is 2.94 bits per heavy atom. The lowest BCUT2D eigenvalue weighted by atomic mass is 9.90. The monoisotopic (exact) mass is 270 g/mol. The molecule has 0 aliphatic carbocycles. The summed E-state index contributed by atoms with van der Waals surface area (Å²) in [4.78, 5) is 17.5. The number of rotatable bonds is 1. The number of hydrogen-bond donors (Lipinski definition) is 2. The van der Waals surface area contributed by atoms with E-state index in [9.17, 15) is 15.0 Å². The van der Waals surface area contributed by atoms with Crippen LogP contribution in [0.1, 0.15) is 23.7 Å². The molecule has 18 heavy (non-hydrogen) atoms. The summed E-state index contributed by atoms with van der Waals surface area (Å²) < 4.78 is 0. The number of hydrogen-bond acceptors (Lipinski definition) is 4. The molecule has 2 heterocycles. The third-order valence-corrected chi connectivity index (χ3v) is 3.44. The number of likely N-dealkylation sites (tertiary alicyclic amines) is 1. The van der Waals surface area contributed by atoms with Crippen LogP contribution in [0.3, 0.4) is 0 Å². The number of carbonyl (C=O) groups excluding carboxylic acids is 1. The van der Waals surface area contributed by atoms with Crippen molar-refractivity contribution >= 4 is 17.5 Å². The molecule has 2 N–H and O–H groups in total. The number of pyridine rings is 1.